The fraction of sp³-hybridized carbons (Fsp3) is 1.00. The Bertz CT molecular complexity index is 169. The Kier molecular flexibility index (Phi) is 4.00. The Morgan fingerprint density at radius 1 is 1.21 bits per heavy atom. The fourth-order valence-corrected chi connectivity index (χ4v) is 3.13. The summed E-state index contributed by atoms with van der Waals surface area (Å²) in [6, 6.07) is 0.477. The quantitative estimate of drug-likeness (QED) is 0.719. The average Bonchev–Trinajstić information content (AvgIpc) is 2.02. The summed E-state index contributed by atoms with van der Waals surface area (Å²) in [7, 11) is 0. The lowest BCUT2D eigenvalue weighted by molar-refractivity contribution is 0.0919. The highest BCUT2D eigenvalue weighted by molar-refractivity contribution is 4.87. The van der Waals surface area contributed by atoms with Gasteiger partial charge in [-0.05, 0) is 36.5 Å². The highest BCUT2D eigenvalue weighted by Gasteiger charge is 2.35. The third-order valence-corrected chi connectivity index (χ3v) is 3.79. The zero-order valence-corrected chi connectivity index (χ0v) is 10.3. The van der Waals surface area contributed by atoms with Gasteiger partial charge in [0.05, 0.1) is 0 Å². The van der Waals surface area contributed by atoms with Gasteiger partial charge in [0.25, 0.3) is 0 Å². The molecule has 0 bridgehead atoms. The van der Waals surface area contributed by atoms with Crippen molar-refractivity contribution in [2.45, 2.75) is 65.8 Å². The summed E-state index contributed by atoms with van der Waals surface area (Å²) in [6.45, 7) is 9.45. The van der Waals surface area contributed by atoms with Crippen LogP contribution in [0.4, 0.5) is 0 Å². The fourth-order valence-electron chi connectivity index (χ4n) is 3.13. The summed E-state index contributed by atoms with van der Waals surface area (Å²) < 4.78 is 0. The molecule has 1 aliphatic rings. The van der Waals surface area contributed by atoms with Gasteiger partial charge in [0.2, 0.25) is 0 Å². The second-order valence-electron chi connectivity index (χ2n) is 6.09. The SMILES string of the molecule is CCCC1CC(N)CCC1C(C)(C)C. The highest BCUT2D eigenvalue weighted by Crippen LogP contribution is 2.43. The van der Waals surface area contributed by atoms with E-state index in [0.717, 1.165) is 11.8 Å². The molecule has 0 aromatic heterocycles. The molecule has 0 heterocycles. The van der Waals surface area contributed by atoms with Crippen molar-refractivity contribution in [2.24, 2.45) is 23.0 Å². The smallest absolute Gasteiger partial charge is 0.00416 e. The van der Waals surface area contributed by atoms with Gasteiger partial charge in [-0.3, -0.25) is 0 Å². The number of rotatable bonds is 2. The van der Waals surface area contributed by atoms with Crippen LogP contribution in [-0.2, 0) is 0 Å². The van der Waals surface area contributed by atoms with Gasteiger partial charge < -0.3 is 5.73 Å². The molecule has 1 saturated carbocycles. The topological polar surface area (TPSA) is 26.0 Å². The lowest BCUT2D eigenvalue weighted by Gasteiger charge is -2.42. The van der Waals surface area contributed by atoms with E-state index in [1.54, 1.807) is 0 Å². The van der Waals surface area contributed by atoms with Gasteiger partial charge in [0, 0.05) is 6.04 Å². The van der Waals surface area contributed by atoms with Crippen molar-refractivity contribution in [1.29, 1.82) is 0 Å². The largest absolute Gasteiger partial charge is 0.328 e. The lowest BCUT2D eigenvalue weighted by atomic mass is 9.64. The van der Waals surface area contributed by atoms with E-state index in [-0.39, 0.29) is 0 Å². The maximum atomic E-state index is 6.06. The van der Waals surface area contributed by atoms with Crippen molar-refractivity contribution < 1.29 is 0 Å². The first-order valence-electron chi connectivity index (χ1n) is 6.20. The molecule has 2 N–H and O–H groups in total. The molecule has 0 amide bonds. The zero-order chi connectivity index (χ0) is 10.8. The van der Waals surface area contributed by atoms with Crippen molar-refractivity contribution in [3.8, 4) is 0 Å². The number of hydrogen-bond donors (Lipinski definition) is 1. The molecule has 0 aromatic rings. The van der Waals surface area contributed by atoms with E-state index in [1.807, 2.05) is 0 Å². The van der Waals surface area contributed by atoms with Crippen LogP contribution in [0.5, 0.6) is 0 Å². The molecule has 0 radical (unpaired) electrons. The summed E-state index contributed by atoms with van der Waals surface area (Å²) in [5, 5.41) is 0. The lowest BCUT2D eigenvalue weighted by Crippen LogP contribution is -2.38. The van der Waals surface area contributed by atoms with E-state index in [4.69, 9.17) is 5.73 Å². The van der Waals surface area contributed by atoms with Gasteiger partial charge in [-0.25, -0.2) is 0 Å². The average molecular weight is 197 g/mol. The standard InChI is InChI=1S/C13H27N/c1-5-6-10-9-11(14)7-8-12(10)13(2,3)4/h10-12H,5-9,14H2,1-4H3. The monoisotopic (exact) mass is 197 g/mol. The van der Waals surface area contributed by atoms with Gasteiger partial charge in [-0.1, -0.05) is 40.5 Å². The highest BCUT2D eigenvalue weighted by atomic mass is 14.6. The zero-order valence-electron chi connectivity index (χ0n) is 10.3. The molecule has 3 unspecified atom stereocenters. The molecular formula is C13H27N. The summed E-state index contributed by atoms with van der Waals surface area (Å²) in [4.78, 5) is 0. The van der Waals surface area contributed by atoms with Crippen LogP contribution >= 0.6 is 0 Å². The van der Waals surface area contributed by atoms with Crippen molar-refractivity contribution in [1.82, 2.24) is 0 Å². The van der Waals surface area contributed by atoms with Crippen molar-refractivity contribution in [3.63, 3.8) is 0 Å². The van der Waals surface area contributed by atoms with Crippen molar-refractivity contribution >= 4 is 0 Å². The van der Waals surface area contributed by atoms with Crippen LogP contribution in [-0.4, -0.2) is 6.04 Å². The molecule has 1 nitrogen and oxygen atoms in total. The van der Waals surface area contributed by atoms with Gasteiger partial charge in [0.15, 0.2) is 0 Å². The van der Waals surface area contributed by atoms with Gasteiger partial charge in [-0.15, -0.1) is 0 Å². The van der Waals surface area contributed by atoms with Crippen LogP contribution in [0.1, 0.15) is 59.8 Å². The normalized spacial score (nSPS) is 34.5. The molecule has 1 rings (SSSR count). The van der Waals surface area contributed by atoms with Crippen LogP contribution in [0.25, 0.3) is 0 Å². The molecule has 0 aromatic carbocycles. The van der Waals surface area contributed by atoms with Crippen molar-refractivity contribution in [2.75, 3.05) is 0 Å². The predicted molar refractivity (Wildman–Crippen MR) is 63.2 cm³/mol. The second-order valence-corrected chi connectivity index (χ2v) is 6.09. The third-order valence-electron chi connectivity index (χ3n) is 3.79. The Labute approximate surface area is 89.5 Å². The summed E-state index contributed by atoms with van der Waals surface area (Å²) in [5.41, 5.74) is 6.53. The first-order chi connectivity index (χ1) is 6.45. The van der Waals surface area contributed by atoms with Gasteiger partial charge >= 0.3 is 0 Å². The Morgan fingerprint density at radius 2 is 1.86 bits per heavy atom. The minimum absolute atomic E-state index is 0.472. The molecule has 0 saturated heterocycles. The number of nitrogens with two attached hydrogens (primary N) is 1. The first kappa shape index (κ1) is 12.0. The third kappa shape index (κ3) is 2.98. The minimum atomic E-state index is 0.472. The summed E-state index contributed by atoms with van der Waals surface area (Å²) in [6.07, 6.45) is 6.52. The Hall–Kier alpha value is -0.0400. The van der Waals surface area contributed by atoms with E-state index in [2.05, 4.69) is 27.7 Å². The maximum absolute atomic E-state index is 6.06. The Balaban J connectivity index is 2.62. The molecule has 0 spiro atoms. The van der Waals surface area contributed by atoms with Crippen LogP contribution < -0.4 is 5.73 Å². The molecule has 1 heteroatoms. The summed E-state index contributed by atoms with van der Waals surface area (Å²) in [5.74, 6) is 1.77. The summed E-state index contributed by atoms with van der Waals surface area (Å²) >= 11 is 0. The van der Waals surface area contributed by atoms with E-state index in [9.17, 15) is 0 Å². The van der Waals surface area contributed by atoms with Gasteiger partial charge in [0.1, 0.15) is 0 Å². The molecule has 0 aliphatic heterocycles. The second kappa shape index (κ2) is 4.65. The van der Waals surface area contributed by atoms with Crippen LogP contribution in [0, 0.1) is 17.3 Å². The minimum Gasteiger partial charge on any atom is -0.328 e. The molecular weight excluding hydrogens is 170 g/mol. The van der Waals surface area contributed by atoms with Crippen molar-refractivity contribution in [3.05, 3.63) is 0 Å². The van der Waals surface area contributed by atoms with E-state index < -0.39 is 0 Å². The molecule has 3 atom stereocenters. The van der Waals surface area contributed by atoms with Crippen LogP contribution in [0.3, 0.4) is 0 Å². The van der Waals surface area contributed by atoms with E-state index in [1.165, 1.54) is 32.1 Å². The van der Waals surface area contributed by atoms with E-state index >= 15 is 0 Å². The molecule has 84 valence electrons. The maximum Gasteiger partial charge on any atom is 0.00416 e. The van der Waals surface area contributed by atoms with Crippen LogP contribution in [0.15, 0.2) is 0 Å². The van der Waals surface area contributed by atoms with Gasteiger partial charge in [-0.2, -0.15) is 0 Å². The Morgan fingerprint density at radius 3 is 2.36 bits per heavy atom. The molecule has 1 fully saturated rings. The molecule has 1 aliphatic carbocycles. The van der Waals surface area contributed by atoms with E-state index in [0.29, 0.717) is 11.5 Å². The first-order valence-corrected chi connectivity index (χ1v) is 6.20. The molecule has 14 heavy (non-hydrogen) atoms. The predicted octanol–water partition coefficient (Wildman–Crippen LogP) is 3.58. The number of hydrogen-bond acceptors (Lipinski definition) is 1. The van der Waals surface area contributed by atoms with Crippen LogP contribution in [0.2, 0.25) is 0 Å².